The SMILES string of the molecule is CC(=O)c1cn(CC(=O)N(CC(=O)NCc2cccc(Cl)c2F)C2CC2)c2ccc(CC(=O)CNC(=O)OC(C)(C)C)cc12. The van der Waals surface area contributed by atoms with Crippen molar-refractivity contribution in [2.45, 2.75) is 71.7 Å². The molecular weight excluding hydrogens is 591 g/mol. The number of carbonyl (C=O) groups is 5. The normalized spacial score (nSPS) is 13.0. The molecule has 1 heterocycles. The number of hydrogen-bond donors (Lipinski definition) is 2. The van der Waals surface area contributed by atoms with Gasteiger partial charge in [0.25, 0.3) is 0 Å². The van der Waals surface area contributed by atoms with Crippen molar-refractivity contribution in [3.8, 4) is 0 Å². The third kappa shape index (κ3) is 8.66. The molecule has 12 heteroatoms. The Kier molecular flexibility index (Phi) is 10.1. The summed E-state index contributed by atoms with van der Waals surface area (Å²) < 4.78 is 21.0. The summed E-state index contributed by atoms with van der Waals surface area (Å²) in [4.78, 5) is 64.5. The van der Waals surface area contributed by atoms with Gasteiger partial charge in [-0.1, -0.05) is 29.8 Å². The van der Waals surface area contributed by atoms with Gasteiger partial charge in [-0.15, -0.1) is 0 Å². The van der Waals surface area contributed by atoms with Crippen LogP contribution in [0.1, 0.15) is 62.0 Å². The second kappa shape index (κ2) is 13.6. The van der Waals surface area contributed by atoms with Gasteiger partial charge in [0.1, 0.15) is 18.0 Å². The van der Waals surface area contributed by atoms with Crippen LogP contribution < -0.4 is 10.6 Å². The summed E-state index contributed by atoms with van der Waals surface area (Å²) >= 11 is 5.82. The smallest absolute Gasteiger partial charge is 0.408 e. The second-order valence-corrected chi connectivity index (χ2v) is 12.3. The zero-order valence-electron chi connectivity index (χ0n) is 25.2. The lowest BCUT2D eigenvalue weighted by molar-refractivity contribution is -0.137. The quantitative estimate of drug-likeness (QED) is 0.284. The number of hydrogen-bond acceptors (Lipinski definition) is 6. The van der Waals surface area contributed by atoms with E-state index < -0.39 is 23.4 Å². The summed E-state index contributed by atoms with van der Waals surface area (Å²) in [6, 6.07) is 9.68. The van der Waals surface area contributed by atoms with Gasteiger partial charge in [-0.3, -0.25) is 19.2 Å². The lowest BCUT2D eigenvalue weighted by Gasteiger charge is -2.22. The van der Waals surface area contributed by atoms with Crippen molar-refractivity contribution in [2.24, 2.45) is 0 Å². The fourth-order valence-electron chi connectivity index (χ4n) is 4.77. The molecule has 4 rings (SSSR count). The average molecular weight is 627 g/mol. The molecular formula is C32H36ClFN4O6. The Balaban J connectivity index is 1.42. The maximum absolute atomic E-state index is 14.2. The predicted octanol–water partition coefficient (Wildman–Crippen LogP) is 4.58. The van der Waals surface area contributed by atoms with Crippen LogP contribution in [0.3, 0.4) is 0 Å². The molecule has 3 amide bonds. The number of alkyl carbamates (subject to hydrolysis) is 1. The van der Waals surface area contributed by atoms with Crippen LogP contribution in [0.4, 0.5) is 9.18 Å². The molecule has 2 aromatic carbocycles. The molecule has 1 aromatic heterocycles. The van der Waals surface area contributed by atoms with E-state index >= 15 is 0 Å². The van der Waals surface area contributed by atoms with Gasteiger partial charge in [-0.2, -0.15) is 0 Å². The Labute approximate surface area is 259 Å². The number of ether oxygens (including phenoxy) is 1. The fourth-order valence-corrected chi connectivity index (χ4v) is 4.97. The van der Waals surface area contributed by atoms with Gasteiger partial charge in [0.2, 0.25) is 11.8 Å². The minimum Gasteiger partial charge on any atom is -0.444 e. The van der Waals surface area contributed by atoms with Crippen molar-refractivity contribution >= 4 is 52.0 Å². The van der Waals surface area contributed by atoms with Crippen molar-refractivity contribution in [3.05, 3.63) is 70.1 Å². The maximum atomic E-state index is 14.2. The van der Waals surface area contributed by atoms with E-state index in [1.165, 1.54) is 24.0 Å². The standard InChI is InChI=1S/C32H36ClFN4O6/c1-19(39)25-16-37(27-11-8-20(13-24(25)27)12-23(40)15-36-31(43)44-32(2,3)4)18-29(42)38(22-9-10-22)17-28(41)35-14-21-6-5-7-26(33)30(21)34/h5-8,11,13,16,22H,9-10,12,14-15,17-18H2,1-4H3,(H,35,41)(H,36,43). The van der Waals surface area contributed by atoms with Crippen LogP contribution in [0.2, 0.25) is 5.02 Å². The van der Waals surface area contributed by atoms with Crippen LogP contribution >= 0.6 is 11.6 Å². The number of halogens is 2. The van der Waals surface area contributed by atoms with Gasteiger partial charge in [-0.25, -0.2) is 9.18 Å². The van der Waals surface area contributed by atoms with Crippen LogP contribution in [0, 0.1) is 5.82 Å². The van der Waals surface area contributed by atoms with Crippen molar-refractivity contribution in [1.29, 1.82) is 0 Å². The molecule has 0 unspecified atom stereocenters. The van der Waals surface area contributed by atoms with Crippen LogP contribution in [0.5, 0.6) is 0 Å². The molecule has 1 fully saturated rings. The summed E-state index contributed by atoms with van der Waals surface area (Å²) in [6.07, 6.45) is 2.49. The monoisotopic (exact) mass is 626 g/mol. The molecule has 1 saturated carbocycles. The Morgan fingerprint density at radius 3 is 2.48 bits per heavy atom. The van der Waals surface area contributed by atoms with Gasteiger partial charge in [0.05, 0.1) is 18.1 Å². The molecule has 1 aliphatic rings. The van der Waals surface area contributed by atoms with Gasteiger partial charge in [0.15, 0.2) is 11.6 Å². The molecule has 0 spiro atoms. The highest BCUT2D eigenvalue weighted by atomic mass is 35.5. The van der Waals surface area contributed by atoms with E-state index in [9.17, 15) is 28.4 Å². The number of nitrogens with one attached hydrogen (secondary N) is 2. The number of ketones is 2. The van der Waals surface area contributed by atoms with Gasteiger partial charge >= 0.3 is 6.09 Å². The second-order valence-electron chi connectivity index (χ2n) is 11.9. The third-order valence-corrected chi connectivity index (χ3v) is 7.28. The van der Waals surface area contributed by atoms with Crippen LogP contribution in [-0.2, 0) is 38.6 Å². The van der Waals surface area contributed by atoms with Gasteiger partial charge in [-0.05, 0) is 64.3 Å². The zero-order chi connectivity index (χ0) is 32.2. The maximum Gasteiger partial charge on any atom is 0.408 e. The highest BCUT2D eigenvalue weighted by Crippen LogP contribution is 2.28. The Hall–Kier alpha value is -4.25. The first kappa shape index (κ1) is 32.7. The summed E-state index contributed by atoms with van der Waals surface area (Å²) in [5.74, 6) is -1.78. The Morgan fingerprint density at radius 2 is 1.82 bits per heavy atom. The van der Waals surface area contributed by atoms with Crippen molar-refractivity contribution in [2.75, 3.05) is 13.1 Å². The first-order chi connectivity index (χ1) is 20.7. The van der Waals surface area contributed by atoms with E-state index in [0.717, 1.165) is 12.8 Å². The Bertz CT molecular complexity index is 1610. The van der Waals surface area contributed by atoms with E-state index in [2.05, 4.69) is 10.6 Å². The van der Waals surface area contributed by atoms with E-state index in [1.54, 1.807) is 55.8 Å². The molecule has 0 atom stereocenters. The lowest BCUT2D eigenvalue weighted by Crippen LogP contribution is -2.43. The first-order valence-electron chi connectivity index (χ1n) is 14.3. The molecule has 44 heavy (non-hydrogen) atoms. The lowest BCUT2D eigenvalue weighted by atomic mass is 10.0. The number of benzene rings is 2. The summed E-state index contributed by atoms with van der Waals surface area (Å²) in [5.41, 5.74) is 1.23. The number of fused-ring (bicyclic) bond motifs is 1. The number of rotatable bonds is 12. The highest BCUT2D eigenvalue weighted by molar-refractivity contribution is 6.30. The largest absolute Gasteiger partial charge is 0.444 e. The first-order valence-corrected chi connectivity index (χ1v) is 14.7. The van der Waals surface area contributed by atoms with Gasteiger partial charge in [0, 0.05) is 47.2 Å². The third-order valence-electron chi connectivity index (χ3n) is 6.99. The summed E-state index contributed by atoms with van der Waals surface area (Å²) in [5, 5.41) is 5.66. The fraction of sp³-hybridized carbons (Fsp3) is 0.406. The molecule has 0 saturated heterocycles. The number of amides is 3. The minimum absolute atomic E-state index is 0.0247. The topological polar surface area (TPSA) is 127 Å². The van der Waals surface area contributed by atoms with E-state index in [4.69, 9.17) is 16.3 Å². The number of nitrogens with zero attached hydrogens (tertiary/aromatic N) is 2. The van der Waals surface area contributed by atoms with Crippen molar-refractivity contribution < 1.29 is 33.1 Å². The molecule has 0 aliphatic heterocycles. The molecule has 0 bridgehead atoms. The minimum atomic E-state index is -0.686. The zero-order valence-corrected chi connectivity index (χ0v) is 25.9. The van der Waals surface area contributed by atoms with Crippen molar-refractivity contribution in [3.63, 3.8) is 0 Å². The molecule has 1 aliphatic carbocycles. The number of carbonyl (C=O) groups excluding carboxylic acids is 5. The number of aromatic nitrogens is 1. The van der Waals surface area contributed by atoms with E-state index in [-0.39, 0.29) is 66.7 Å². The van der Waals surface area contributed by atoms with Crippen molar-refractivity contribution in [1.82, 2.24) is 20.1 Å². The van der Waals surface area contributed by atoms with E-state index in [1.807, 2.05) is 0 Å². The number of Topliss-reactive ketones (excluding diaryl/α,β-unsaturated/α-hetero) is 2. The molecule has 0 radical (unpaired) electrons. The average Bonchev–Trinajstić information content (AvgIpc) is 3.72. The van der Waals surface area contributed by atoms with Gasteiger partial charge < -0.3 is 24.8 Å². The predicted molar refractivity (Wildman–Crippen MR) is 163 cm³/mol. The van der Waals surface area contributed by atoms with Crippen LogP contribution in [0.15, 0.2) is 42.6 Å². The molecule has 3 aromatic rings. The summed E-state index contributed by atoms with van der Waals surface area (Å²) in [6.45, 7) is 6.04. The van der Waals surface area contributed by atoms with Crippen LogP contribution in [-0.4, -0.2) is 63.7 Å². The van der Waals surface area contributed by atoms with Crippen LogP contribution in [0.25, 0.3) is 10.9 Å². The highest BCUT2D eigenvalue weighted by Gasteiger charge is 2.34. The molecule has 10 nitrogen and oxygen atoms in total. The summed E-state index contributed by atoms with van der Waals surface area (Å²) in [7, 11) is 0. The Morgan fingerprint density at radius 1 is 1.09 bits per heavy atom. The molecule has 234 valence electrons. The molecule has 2 N–H and O–H groups in total. The van der Waals surface area contributed by atoms with E-state index in [0.29, 0.717) is 22.0 Å².